The summed E-state index contributed by atoms with van der Waals surface area (Å²) in [7, 11) is 0. The summed E-state index contributed by atoms with van der Waals surface area (Å²) in [6, 6.07) is 7.87. The number of aliphatic hydroxyl groups excluding tert-OH is 1. The van der Waals surface area contributed by atoms with Crippen molar-refractivity contribution in [1.29, 1.82) is 0 Å². The Morgan fingerprint density at radius 2 is 2.19 bits per heavy atom. The molecular formula is C15H18O. The van der Waals surface area contributed by atoms with Crippen molar-refractivity contribution in [3.63, 3.8) is 0 Å². The van der Waals surface area contributed by atoms with Crippen molar-refractivity contribution in [2.75, 3.05) is 0 Å². The van der Waals surface area contributed by atoms with Gasteiger partial charge in [-0.05, 0) is 25.0 Å². The first kappa shape index (κ1) is 12.5. The van der Waals surface area contributed by atoms with E-state index in [1.165, 1.54) is 0 Å². The molecule has 1 aromatic rings. The fraction of sp³-hybridized carbons (Fsp3) is 0.200. The first-order chi connectivity index (χ1) is 7.69. The number of aryl methyl sites for hydroxylation is 1. The zero-order chi connectivity index (χ0) is 12.0. The minimum Gasteiger partial charge on any atom is -0.384 e. The predicted octanol–water partition coefficient (Wildman–Crippen LogP) is 3.72. The van der Waals surface area contributed by atoms with Crippen molar-refractivity contribution in [1.82, 2.24) is 0 Å². The lowest BCUT2D eigenvalue weighted by molar-refractivity contribution is 0.219. The average Bonchev–Trinajstić information content (AvgIpc) is 2.29. The third-order valence-corrected chi connectivity index (χ3v) is 2.39. The van der Waals surface area contributed by atoms with E-state index in [9.17, 15) is 5.11 Å². The lowest BCUT2D eigenvalue weighted by Crippen LogP contribution is -1.99. The Labute approximate surface area is 97.4 Å². The molecule has 0 heterocycles. The van der Waals surface area contributed by atoms with Gasteiger partial charge in [-0.2, -0.15) is 0 Å². The molecule has 1 nitrogen and oxygen atoms in total. The standard InChI is InChI=1S/C15H18O/c1-4-6-9-13(5-2)15(16)14-10-7-8-12(3)11-14/h4-11,15-16H,2H2,1,3H3/b6-4-,13-9+. The summed E-state index contributed by atoms with van der Waals surface area (Å²) in [6.07, 6.45) is 6.78. The molecule has 1 rings (SSSR count). The van der Waals surface area contributed by atoms with Gasteiger partial charge in [-0.3, -0.25) is 0 Å². The summed E-state index contributed by atoms with van der Waals surface area (Å²) in [5.41, 5.74) is 2.85. The van der Waals surface area contributed by atoms with Crippen molar-refractivity contribution in [3.8, 4) is 0 Å². The molecule has 1 aromatic carbocycles. The molecule has 0 saturated heterocycles. The van der Waals surface area contributed by atoms with E-state index in [-0.39, 0.29) is 0 Å². The number of hydrogen-bond donors (Lipinski definition) is 1. The van der Waals surface area contributed by atoms with Crippen LogP contribution in [0.5, 0.6) is 0 Å². The maximum Gasteiger partial charge on any atom is 0.104 e. The van der Waals surface area contributed by atoms with Crippen molar-refractivity contribution >= 4 is 0 Å². The van der Waals surface area contributed by atoms with Crippen LogP contribution in [0.3, 0.4) is 0 Å². The van der Waals surface area contributed by atoms with Gasteiger partial charge in [0.05, 0.1) is 0 Å². The Morgan fingerprint density at radius 1 is 1.44 bits per heavy atom. The second-order valence-corrected chi connectivity index (χ2v) is 3.71. The van der Waals surface area contributed by atoms with Crippen LogP contribution in [0.2, 0.25) is 0 Å². The van der Waals surface area contributed by atoms with Crippen LogP contribution in [0.1, 0.15) is 24.2 Å². The van der Waals surface area contributed by atoms with Crippen LogP contribution < -0.4 is 0 Å². The molecule has 0 fully saturated rings. The van der Waals surface area contributed by atoms with Crippen LogP contribution in [0, 0.1) is 6.92 Å². The minimum atomic E-state index is -0.603. The van der Waals surface area contributed by atoms with Crippen molar-refractivity contribution < 1.29 is 5.11 Å². The number of rotatable bonds is 4. The van der Waals surface area contributed by atoms with Gasteiger partial charge in [-0.1, -0.05) is 60.7 Å². The molecule has 0 radical (unpaired) electrons. The molecule has 0 saturated carbocycles. The average molecular weight is 214 g/mol. The molecule has 0 aliphatic carbocycles. The predicted molar refractivity (Wildman–Crippen MR) is 69.2 cm³/mol. The van der Waals surface area contributed by atoms with Crippen LogP contribution in [-0.4, -0.2) is 5.11 Å². The monoisotopic (exact) mass is 214 g/mol. The molecular weight excluding hydrogens is 196 g/mol. The molecule has 0 aliphatic rings. The Morgan fingerprint density at radius 3 is 2.75 bits per heavy atom. The SMILES string of the molecule is C=C/C(=C\C=C/C)C(O)c1cccc(C)c1. The largest absolute Gasteiger partial charge is 0.384 e. The third kappa shape index (κ3) is 3.21. The topological polar surface area (TPSA) is 20.2 Å². The zero-order valence-corrected chi connectivity index (χ0v) is 9.85. The van der Waals surface area contributed by atoms with Crippen molar-refractivity contribution in [2.45, 2.75) is 20.0 Å². The van der Waals surface area contributed by atoms with E-state index in [2.05, 4.69) is 6.58 Å². The third-order valence-electron chi connectivity index (χ3n) is 2.39. The first-order valence-electron chi connectivity index (χ1n) is 5.39. The van der Waals surface area contributed by atoms with Gasteiger partial charge in [0.1, 0.15) is 6.10 Å². The van der Waals surface area contributed by atoms with E-state index in [0.29, 0.717) is 0 Å². The zero-order valence-electron chi connectivity index (χ0n) is 9.85. The highest BCUT2D eigenvalue weighted by Crippen LogP contribution is 2.22. The normalized spacial score (nSPS) is 14.1. The molecule has 0 aromatic heterocycles. The lowest BCUT2D eigenvalue weighted by Gasteiger charge is -2.12. The van der Waals surface area contributed by atoms with E-state index in [1.54, 1.807) is 6.08 Å². The summed E-state index contributed by atoms with van der Waals surface area (Å²) < 4.78 is 0. The maximum absolute atomic E-state index is 10.2. The molecule has 0 spiro atoms. The maximum atomic E-state index is 10.2. The van der Waals surface area contributed by atoms with Crippen molar-refractivity contribution in [3.05, 3.63) is 71.8 Å². The molecule has 1 atom stereocenters. The molecule has 1 N–H and O–H groups in total. The molecule has 0 bridgehead atoms. The Kier molecular flexibility index (Phi) is 4.74. The van der Waals surface area contributed by atoms with Crippen LogP contribution in [0.4, 0.5) is 0 Å². The number of aliphatic hydroxyl groups is 1. The molecule has 0 aliphatic heterocycles. The van der Waals surface area contributed by atoms with E-state index < -0.39 is 6.10 Å². The summed E-state index contributed by atoms with van der Waals surface area (Å²) >= 11 is 0. The summed E-state index contributed by atoms with van der Waals surface area (Å²) in [5, 5.41) is 10.2. The Hall–Kier alpha value is -1.60. The molecule has 16 heavy (non-hydrogen) atoms. The second-order valence-electron chi connectivity index (χ2n) is 3.71. The highest BCUT2D eigenvalue weighted by Gasteiger charge is 2.09. The van der Waals surface area contributed by atoms with Gasteiger partial charge in [0.25, 0.3) is 0 Å². The van der Waals surface area contributed by atoms with E-state index >= 15 is 0 Å². The van der Waals surface area contributed by atoms with E-state index in [1.807, 2.05) is 56.3 Å². The lowest BCUT2D eigenvalue weighted by atomic mass is 9.99. The summed E-state index contributed by atoms with van der Waals surface area (Å²) in [4.78, 5) is 0. The molecule has 1 unspecified atom stereocenters. The van der Waals surface area contributed by atoms with Gasteiger partial charge >= 0.3 is 0 Å². The second kappa shape index (κ2) is 6.09. The molecule has 84 valence electrons. The van der Waals surface area contributed by atoms with Gasteiger partial charge in [0, 0.05) is 0 Å². The van der Waals surface area contributed by atoms with Crippen LogP contribution in [0.15, 0.2) is 60.7 Å². The van der Waals surface area contributed by atoms with Crippen LogP contribution in [-0.2, 0) is 0 Å². The van der Waals surface area contributed by atoms with Crippen LogP contribution >= 0.6 is 0 Å². The Balaban J connectivity index is 2.99. The summed E-state index contributed by atoms with van der Waals surface area (Å²) in [6.45, 7) is 7.67. The quantitative estimate of drug-likeness (QED) is 0.757. The fourth-order valence-electron chi connectivity index (χ4n) is 1.51. The van der Waals surface area contributed by atoms with E-state index in [0.717, 1.165) is 16.7 Å². The van der Waals surface area contributed by atoms with Gasteiger partial charge in [-0.25, -0.2) is 0 Å². The highest BCUT2D eigenvalue weighted by molar-refractivity contribution is 5.35. The fourth-order valence-corrected chi connectivity index (χ4v) is 1.51. The number of allylic oxidation sites excluding steroid dienone is 3. The van der Waals surface area contributed by atoms with Gasteiger partial charge in [-0.15, -0.1) is 0 Å². The first-order valence-corrected chi connectivity index (χ1v) is 5.39. The van der Waals surface area contributed by atoms with Gasteiger partial charge in [0.15, 0.2) is 0 Å². The molecule has 1 heteroatoms. The smallest absolute Gasteiger partial charge is 0.104 e. The summed E-state index contributed by atoms with van der Waals surface area (Å²) in [5.74, 6) is 0. The minimum absolute atomic E-state index is 0.603. The van der Waals surface area contributed by atoms with Crippen LogP contribution in [0.25, 0.3) is 0 Å². The van der Waals surface area contributed by atoms with E-state index in [4.69, 9.17) is 0 Å². The highest BCUT2D eigenvalue weighted by atomic mass is 16.3. The van der Waals surface area contributed by atoms with Gasteiger partial charge in [0.2, 0.25) is 0 Å². The molecule has 0 amide bonds. The van der Waals surface area contributed by atoms with Crippen molar-refractivity contribution in [2.24, 2.45) is 0 Å². The Bertz CT molecular complexity index is 413. The number of hydrogen-bond acceptors (Lipinski definition) is 1. The van der Waals surface area contributed by atoms with Gasteiger partial charge < -0.3 is 5.11 Å². The number of benzene rings is 1.